The van der Waals surface area contributed by atoms with Crippen molar-refractivity contribution >= 4 is 29.0 Å². The number of urea groups is 1. The Balaban J connectivity index is 1.69. The van der Waals surface area contributed by atoms with Crippen molar-refractivity contribution in [3.8, 4) is 5.75 Å². The van der Waals surface area contributed by atoms with Crippen LogP contribution in [0.15, 0.2) is 72.1 Å². The number of benzene rings is 2. The summed E-state index contributed by atoms with van der Waals surface area (Å²) in [5, 5.41) is 1.85. The van der Waals surface area contributed by atoms with Crippen molar-refractivity contribution < 1.29 is 14.3 Å². The van der Waals surface area contributed by atoms with E-state index in [9.17, 15) is 9.59 Å². The van der Waals surface area contributed by atoms with Crippen LogP contribution in [0, 0.1) is 0 Å². The number of carbonyl (C=O) groups is 2. The third kappa shape index (κ3) is 2.45. The van der Waals surface area contributed by atoms with Gasteiger partial charge in [0.2, 0.25) is 0 Å². The highest BCUT2D eigenvalue weighted by Gasteiger charge is 2.55. The first-order valence-electron chi connectivity index (χ1n) is 9.13. The number of rotatable bonds is 2. The zero-order chi connectivity index (χ0) is 19.3. The number of fused-ring (bicyclic) bond motifs is 4. The molecule has 2 unspecified atom stereocenters. The van der Waals surface area contributed by atoms with Crippen molar-refractivity contribution in [2.45, 2.75) is 25.1 Å². The molecule has 2 bridgehead atoms. The van der Waals surface area contributed by atoms with Crippen LogP contribution in [0.25, 0.3) is 0 Å². The van der Waals surface area contributed by atoms with Gasteiger partial charge in [-0.3, -0.25) is 14.6 Å². The van der Waals surface area contributed by atoms with E-state index < -0.39 is 5.72 Å². The first-order chi connectivity index (χ1) is 13.6. The lowest BCUT2D eigenvalue weighted by Gasteiger charge is -2.53. The number of hydrogen-bond acceptors (Lipinski definition) is 4. The minimum Gasteiger partial charge on any atom is -0.467 e. The number of imide groups is 1. The molecule has 2 aliphatic rings. The summed E-state index contributed by atoms with van der Waals surface area (Å²) in [6.45, 7) is 1.91. The molecule has 28 heavy (non-hydrogen) atoms. The summed E-state index contributed by atoms with van der Waals surface area (Å²) in [4.78, 5) is 30.5. The summed E-state index contributed by atoms with van der Waals surface area (Å²) in [7, 11) is 0. The molecular formula is C22H18N2O3S. The van der Waals surface area contributed by atoms with Gasteiger partial charge in [-0.1, -0.05) is 42.5 Å². The van der Waals surface area contributed by atoms with Gasteiger partial charge in [0.25, 0.3) is 5.91 Å². The lowest BCUT2D eigenvalue weighted by Crippen LogP contribution is -2.67. The van der Waals surface area contributed by atoms with Gasteiger partial charge in [-0.2, -0.15) is 0 Å². The Morgan fingerprint density at radius 3 is 2.57 bits per heavy atom. The van der Waals surface area contributed by atoms with Gasteiger partial charge < -0.3 is 4.74 Å². The van der Waals surface area contributed by atoms with E-state index in [1.807, 2.05) is 73.0 Å². The molecule has 0 aliphatic carbocycles. The highest BCUT2D eigenvalue weighted by molar-refractivity contribution is 7.12. The summed E-state index contributed by atoms with van der Waals surface area (Å²) < 4.78 is 6.32. The SMILES string of the molecule is CC12CC(c3ccccc3O1)N(C(=O)c1cccs1)C(=O)N2c1ccccc1. The average Bonchev–Trinajstić information content (AvgIpc) is 3.23. The normalized spacial score (nSPS) is 23.2. The number of amides is 3. The maximum atomic E-state index is 13.6. The van der Waals surface area contributed by atoms with Crippen molar-refractivity contribution in [1.82, 2.24) is 4.90 Å². The Kier molecular flexibility index (Phi) is 3.77. The average molecular weight is 390 g/mol. The molecule has 3 aromatic rings. The number of thiophene rings is 1. The van der Waals surface area contributed by atoms with Gasteiger partial charge in [-0.05, 0) is 36.6 Å². The van der Waals surface area contributed by atoms with Gasteiger partial charge in [0.1, 0.15) is 5.75 Å². The number of nitrogens with zero attached hydrogens (tertiary/aromatic N) is 2. The molecule has 2 atom stereocenters. The van der Waals surface area contributed by atoms with E-state index in [4.69, 9.17) is 4.74 Å². The Labute approximate surface area is 166 Å². The number of para-hydroxylation sites is 2. The summed E-state index contributed by atoms with van der Waals surface area (Å²) in [6, 6.07) is 19.9. The van der Waals surface area contributed by atoms with Gasteiger partial charge in [0, 0.05) is 17.7 Å². The highest BCUT2D eigenvalue weighted by atomic mass is 32.1. The second-order valence-corrected chi connectivity index (χ2v) is 8.09. The molecule has 6 heteroatoms. The fourth-order valence-electron chi connectivity index (χ4n) is 4.11. The van der Waals surface area contributed by atoms with E-state index in [1.54, 1.807) is 11.0 Å². The van der Waals surface area contributed by atoms with Crippen LogP contribution in [0.2, 0.25) is 0 Å². The van der Waals surface area contributed by atoms with E-state index in [-0.39, 0.29) is 18.0 Å². The van der Waals surface area contributed by atoms with Crippen LogP contribution in [-0.2, 0) is 0 Å². The predicted octanol–water partition coefficient (Wildman–Crippen LogP) is 5.07. The second kappa shape index (κ2) is 6.21. The zero-order valence-electron chi connectivity index (χ0n) is 15.2. The minimum atomic E-state index is -0.871. The molecule has 0 radical (unpaired) electrons. The maximum Gasteiger partial charge on any atom is 0.335 e. The van der Waals surface area contributed by atoms with Crippen LogP contribution in [0.3, 0.4) is 0 Å². The fraction of sp³-hybridized carbons (Fsp3) is 0.182. The molecule has 5 rings (SSSR count). The van der Waals surface area contributed by atoms with E-state index in [0.29, 0.717) is 22.7 Å². The topological polar surface area (TPSA) is 49.9 Å². The summed E-state index contributed by atoms with van der Waals surface area (Å²) in [6.07, 6.45) is 0.502. The first-order valence-corrected chi connectivity index (χ1v) is 10.0. The smallest absolute Gasteiger partial charge is 0.335 e. The van der Waals surface area contributed by atoms with Gasteiger partial charge >= 0.3 is 6.03 Å². The lowest BCUT2D eigenvalue weighted by molar-refractivity contribution is 0.00284. The molecule has 5 nitrogen and oxygen atoms in total. The molecule has 1 fully saturated rings. The van der Waals surface area contributed by atoms with Crippen molar-refractivity contribution in [3.05, 3.63) is 82.6 Å². The molecule has 0 saturated carbocycles. The van der Waals surface area contributed by atoms with E-state index in [2.05, 4.69) is 0 Å². The third-order valence-electron chi connectivity index (χ3n) is 5.33. The Bertz CT molecular complexity index is 1050. The third-order valence-corrected chi connectivity index (χ3v) is 6.18. The van der Waals surface area contributed by atoms with Gasteiger partial charge in [-0.15, -0.1) is 11.3 Å². The number of hydrogen-bond donors (Lipinski definition) is 0. The largest absolute Gasteiger partial charge is 0.467 e. The minimum absolute atomic E-state index is 0.273. The van der Waals surface area contributed by atoms with Gasteiger partial charge in [0.15, 0.2) is 5.72 Å². The molecule has 140 valence electrons. The van der Waals surface area contributed by atoms with Crippen LogP contribution in [-0.4, -0.2) is 22.6 Å². The number of carbonyl (C=O) groups excluding carboxylic acids is 2. The molecule has 2 aliphatic heterocycles. The van der Waals surface area contributed by atoms with Crippen molar-refractivity contribution in [2.24, 2.45) is 0 Å². The molecule has 2 aromatic carbocycles. The van der Waals surface area contributed by atoms with Gasteiger partial charge in [-0.25, -0.2) is 4.79 Å². The fourth-order valence-corrected chi connectivity index (χ4v) is 4.77. The number of anilines is 1. The van der Waals surface area contributed by atoms with Crippen molar-refractivity contribution in [1.29, 1.82) is 0 Å². The monoisotopic (exact) mass is 390 g/mol. The van der Waals surface area contributed by atoms with E-state index in [0.717, 1.165) is 5.56 Å². The quantitative estimate of drug-likeness (QED) is 0.614. The van der Waals surface area contributed by atoms with Crippen LogP contribution < -0.4 is 9.64 Å². The molecular weight excluding hydrogens is 372 g/mol. The molecule has 3 amide bonds. The Morgan fingerprint density at radius 1 is 1.07 bits per heavy atom. The van der Waals surface area contributed by atoms with E-state index >= 15 is 0 Å². The summed E-state index contributed by atoms with van der Waals surface area (Å²) >= 11 is 1.34. The molecule has 1 saturated heterocycles. The molecule has 0 N–H and O–H groups in total. The standard InChI is InChI=1S/C22H18N2O3S/c1-22-14-17(16-10-5-6-11-18(16)27-22)23(20(25)19-12-7-13-28-19)21(26)24(22)15-8-3-2-4-9-15/h2-13,17H,14H2,1H3. The number of ether oxygens (including phenoxy) is 1. The lowest BCUT2D eigenvalue weighted by atomic mass is 9.88. The van der Waals surface area contributed by atoms with Crippen molar-refractivity contribution in [3.63, 3.8) is 0 Å². The van der Waals surface area contributed by atoms with E-state index in [1.165, 1.54) is 16.2 Å². The van der Waals surface area contributed by atoms with Crippen LogP contribution in [0.5, 0.6) is 5.75 Å². The van der Waals surface area contributed by atoms with Crippen LogP contribution in [0.1, 0.15) is 34.6 Å². The predicted molar refractivity (Wildman–Crippen MR) is 108 cm³/mol. The first kappa shape index (κ1) is 17.0. The van der Waals surface area contributed by atoms with Crippen LogP contribution in [0.4, 0.5) is 10.5 Å². The highest BCUT2D eigenvalue weighted by Crippen LogP contribution is 2.49. The molecule has 1 aromatic heterocycles. The Hall–Kier alpha value is -3.12. The zero-order valence-corrected chi connectivity index (χ0v) is 16.1. The molecule has 0 spiro atoms. The summed E-state index contributed by atoms with van der Waals surface area (Å²) in [5.41, 5.74) is 0.701. The Morgan fingerprint density at radius 2 is 1.82 bits per heavy atom. The summed E-state index contributed by atoms with van der Waals surface area (Å²) in [5.74, 6) is 0.434. The van der Waals surface area contributed by atoms with Crippen LogP contribution >= 0.6 is 11.3 Å². The maximum absolute atomic E-state index is 13.6. The van der Waals surface area contributed by atoms with Gasteiger partial charge in [0.05, 0.1) is 10.9 Å². The molecule has 3 heterocycles. The van der Waals surface area contributed by atoms with Crippen molar-refractivity contribution in [2.75, 3.05) is 4.90 Å². The second-order valence-electron chi connectivity index (χ2n) is 7.14.